The number of carbonyl (C=O) groups is 2. The highest BCUT2D eigenvalue weighted by Gasteiger charge is 2.47. The van der Waals surface area contributed by atoms with Crippen LogP contribution in [-0.4, -0.2) is 99.6 Å². The van der Waals surface area contributed by atoms with Gasteiger partial charge in [-0.1, -0.05) is 289 Å². The number of allylic oxidation sites excluding steroid dienone is 3. The summed E-state index contributed by atoms with van der Waals surface area (Å²) in [6, 6.07) is -1.03. The van der Waals surface area contributed by atoms with E-state index in [1.54, 1.807) is 6.08 Å². The molecular weight excluding hydrogens is 967 g/mol. The molecule has 0 aromatic heterocycles. The summed E-state index contributed by atoms with van der Waals surface area (Å²) in [6.45, 7) is 5.81. The number of esters is 1. The number of hydrogen-bond acceptors (Lipinski definition) is 10. The summed E-state index contributed by atoms with van der Waals surface area (Å²) in [6.07, 6.45) is 53.7. The molecule has 0 saturated carbocycles. The SMILES string of the molecule is CCCCCCCCC/C=C\CCCCC(O)C(=O)NC(COC1OC(CO)C(O)C(O)C1OC(=O)CCCCCCCCCCCCCCCCCCCCCCCCC)C(O)/C=C/CCCCCCCCCCCC. The first-order valence-electron chi connectivity index (χ1n) is 33.1. The van der Waals surface area contributed by atoms with E-state index in [-0.39, 0.29) is 19.4 Å². The number of amides is 1. The first-order chi connectivity index (χ1) is 37.7. The molecule has 0 radical (unpaired) electrons. The minimum absolute atomic E-state index is 0.128. The fourth-order valence-corrected chi connectivity index (χ4v) is 10.6. The van der Waals surface area contributed by atoms with Gasteiger partial charge in [0.2, 0.25) is 5.91 Å². The highest BCUT2D eigenvalue weighted by atomic mass is 16.7. The minimum atomic E-state index is -1.61. The number of aliphatic hydroxyl groups excluding tert-OH is 5. The van der Waals surface area contributed by atoms with Gasteiger partial charge >= 0.3 is 5.97 Å². The van der Waals surface area contributed by atoms with Crippen LogP contribution >= 0.6 is 0 Å². The van der Waals surface area contributed by atoms with Gasteiger partial charge in [0, 0.05) is 6.42 Å². The minimum Gasteiger partial charge on any atom is -0.454 e. The molecule has 0 bridgehead atoms. The predicted octanol–water partition coefficient (Wildman–Crippen LogP) is 16.1. The van der Waals surface area contributed by atoms with Crippen LogP contribution in [-0.2, 0) is 23.8 Å². The van der Waals surface area contributed by atoms with Crippen LogP contribution < -0.4 is 5.32 Å². The van der Waals surface area contributed by atoms with Crippen molar-refractivity contribution in [2.24, 2.45) is 0 Å². The van der Waals surface area contributed by atoms with Crippen LogP contribution in [0.25, 0.3) is 0 Å². The van der Waals surface area contributed by atoms with Crippen molar-refractivity contribution in [1.82, 2.24) is 5.32 Å². The second-order valence-electron chi connectivity index (χ2n) is 23.2. The van der Waals surface area contributed by atoms with Gasteiger partial charge in [0.15, 0.2) is 12.4 Å². The van der Waals surface area contributed by atoms with Crippen molar-refractivity contribution in [2.45, 2.75) is 372 Å². The Hall–Kier alpha value is -1.86. The zero-order chi connectivity index (χ0) is 56.1. The lowest BCUT2D eigenvalue weighted by Gasteiger charge is -2.41. The normalized spacial score (nSPS) is 19.1. The van der Waals surface area contributed by atoms with Crippen LogP contribution in [0.4, 0.5) is 0 Å². The van der Waals surface area contributed by atoms with Crippen LogP contribution in [0.15, 0.2) is 24.3 Å². The molecule has 11 nitrogen and oxygen atoms in total. The van der Waals surface area contributed by atoms with E-state index in [1.165, 1.54) is 218 Å². The third-order valence-electron chi connectivity index (χ3n) is 15.9. The molecule has 0 aromatic carbocycles. The lowest BCUT2D eigenvalue weighted by molar-refractivity contribution is -0.305. The molecule has 0 aromatic rings. The lowest BCUT2D eigenvalue weighted by atomic mass is 9.99. The summed E-state index contributed by atoms with van der Waals surface area (Å²) < 4.78 is 17.6. The van der Waals surface area contributed by atoms with Crippen LogP contribution in [0.3, 0.4) is 0 Å². The van der Waals surface area contributed by atoms with E-state index < -0.39 is 67.4 Å². The summed E-state index contributed by atoms with van der Waals surface area (Å²) in [5, 5.41) is 57.0. The van der Waals surface area contributed by atoms with Crippen LogP contribution in [0.1, 0.15) is 323 Å². The Kier molecular flexibility index (Phi) is 52.0. The van der Waals surface area contributed by atoms with Gasteiger partial charge in [-0.2, -0.15) is 0 Å². The van der Waals surface area contributed by atoms with Crippen LogP contribution in [0.2, 0.25) is 0 Å². The van der Waals surface area contributed by atoms with Crippen molar-refractivity contribution >= 4 is 11.9 Å². The number of ether oxygens (including phenoxy) is 3. The molecule has 8 unspecified atom stereocenters. The molecule has 6 N–H and O–H groups in total. The molecule has 1 aliphatic rings. The van der Waals surface area contributed by atoms with Gasteiger partial charge in [-0.05, 0) is 51.4 Å². The molecule has 1 fully saturated rings. The molecule has 1 amide bonds. The van der Waals surface area contributed by atoms with Crippen molar-refractivity contribution in [2.75, 3.05) is 13.2 Å². The molecule has 8 atom stereocenters. The van der Waals surface area contributed by atoms with Gasteiger partial charge in [0.1, 0.15) is 24.4 Å². The quantitative estimate of drug-likeness (QED) is 0.0195. The van der Waals surface area contributed by atoms with Gasteiger partial charge in [-0.3, -0.25) is 9.59 Å². The number of carbonyl (C=O) groups excluding carboxylic acids is 2. The zero-order valence-corrected chi connectivity index (χ0v) is 50.4. The molecule has 1 heterocycles. The van der Waals surface area contributed by atoms with Crippen LogP contribution in [0, 0.1) is 0 Å². The number of unbranched alkanes of at least 4 members (excludes halogenated alkanes) is 41. The highest BCUT2D eigenvalue weighted by Crippen LogP contribution is 2.26. The standard InChI is InChI=1S/C66H125NO10/c1-4-7-10-13-16-19-22-25-26-27-28-29-30-31-32-33-34-36-39-42-45-48-51-54-61(71)77-64-63(73)62(72)60(55-68)76-66(64)75-56-57(58(69)52-49-46-43-40-37-24-21-18-15-12-9-6-3)67-65(74)59(70)53-50-47-44-41-38-35-23-20-17-14-11-8-5-2/h38,41,49,52,57-60,62-64,66,68-70,72-73H,4-37,39-40,42-48,50-51,53-56H2,1-3H3,(H,67,74)/b41-38-,52-49+. The Morgan fingerprint density at radius 2 is 0.857 bits per heavy atom. The smallest absolute Gasteiger partial charge is 0.306 e. The van der Waals surface area contributed by atoms with Gasteiger partial charge in [-0.15, -0.1) is 0 Å². The van der Waals surface area contributed by atoms with Crippen molar-refractivity contribution < 1.29 is 49.3 Å². The Morgan fingerprint density at radius 3 is 1.26 bits per heavy atom. The number of rotatable bonds is 57. The van der Waals surface area contributed by atoms with E-state index in [1.807, 2.05) is 6.08 Å². The molecule has 11 heteroatoms. The summed E-state index contributed by atoms with van der Waals surface area (Å²) >= 11 is 0. The molecular formula is C66H125NO10. The Bertz CT molecular complexity index is 1350. The fourth-order valence-electron chi connectivity index (χ4n) is 10.6. The lowest BCUT2D eigenvalue weighted by Crippen LogP contribution is -2.61. The van der Waals surface area contributed by atoms with Gasteiger partial charge in [-0.25, -0.2) is 0 Å². The maximum absolute atomic E-state index is 13.4. The second-order valence-corrected chi connectivity index (χ2v) is 23.2. The number of nitrogens with one attached hydrogen (secondary N) is 1. The molecule has 1 aliphatic heterocycles. The maximum atomic E-state index is 13.4. The largest absolute Gasteiger partial charge is 0.454 e. The van der Waals surface area contributed by atoms with Crippen molar-refractivity contribution in [1.29, 1.82) is 0 Å². The zero-order valence-electron chi connectivity index (χ0n) is 50.4. The average Bonchev–Trinajstić information content (AvgIpc) is 3.43. The van der Waals surface area contributed by atoms with E-state index in [9.17, 15) is 35.1 Å². The first kappa shape index (κ1) is 73.2. The Balaban J connectivity index is 2.59. The van der Waals surface area contributed by atoms with Gasteiger partial charge in [0.25, 0.3) is 0 Å². The third-order valence-corrected chi connectivity index (χ3v) is 15.9. The van der Waals surface area contributed by atoms with Gasteiger partial charge in [0.05, 0.1) is 25.4 Å². The summed E-state index contributed by atoms with van der Waals surface area (Å²) in [4.78, 5) is 26.5. The topological polar surface area (TPSA) is 175 Å². The molecule has 0 aliphatic carbocycles. The van der Waals surface area contributed by atoms with E-state index in [0.29, 0.717) is 12.8 Å². The third kappa shape index (κ3) is 42.6. The van der Waals surface area contributed by atoms with Crippen molar-refractivity contribution in [3.8, 4) is 0 Å². The number of aliphatic hydroxyl groups is 5. The summed E-state index contributed by atoms with van der Waals surface area (Å²) in [5.74, 6) is -1.20. The van der Waals surface area contributed by atoms with E-state index in [0.717, 1.165) is 57.8 Å². The average molecular weight is 1090 g/mol. The summed E-state index contributed by atoms with van der Waals surface area (Å²) in [5.41, 5.74) is 0. The second kappa shape index (κ2) is 54.7. The van der Waals surface area contributed by atoms with E-state index in [4.69, 9.17) is 14.2 Å². The van der Waals surface area contributed by atoms with Crippen molar-refractivity contribution in [3.63, 3.8) is 0 Å². The Labute approximate surface area is 473 Å². The maximum Gasteiger partial charge on any atom is 0.306 e. The van der Waals surface area contributed by atoms with E-state index in [2.05, 4.69) is 38.2 Å². The Morgan fingerprint density at radius 1 is 0.494 bits per heavy atom. The number of hydrogen-bond donors (Lipinski definition) is 6. The van der Waals surface area contributed by atoms with Crippen LogP contribution in [0.5, 0.6) is 0 Å². The molecule has 1 rings (SSSR count). The molecule has 77 heavy (non-hydrogen) atoms. The van der Waals surface area contributed by atoms with Gasteiger partial charge < -0.3 is 45.1 Å². The summed E-state index contributed by atoms with van der Waals surface area (Å²) in [7, 11) is 0. The monoisotopic (exact) mass is 1090 g/mol. The predicted molar refractivity (Wildman–Crippen MR) is 320 cm³/mol. The highest BCUT2D eigenvalue weighted by molar-refractivity contribution is 5.80. The van der Waals surface area contributed by atoms with Crippen molar-refractivity contribution in [3.05, 3.63) is 24.3 Å². The van der Waals surface area contributed by atoms with E-state index >= 15 is 0 Å². The molecule has 454 valence electrons. The first-order valence-corrected chi connectivity index (χ1v) is 33.1. The molecule has 0 spiro atoms. The molecule has 1 saturated heterocycles. The fraction of sp³-hybridized carbons (Fsp3) is 0.909.